The van der Waals surface area contributed by atoms with Crippen molar-refractivity contribution < 1.29 is 19.4 Å². The lowest BCUT2D eigenvalue weighted by atomic mass is 9.88. The van der Waals surface area contributed by atoms with Gasteiger partial charge in [-0.25, -0.2) is 9.48 Å². The standard InChI is InChI=1S/C12H19N5O4S/c1-21-11(20)9(7-18)14-10(19)6-12(2-4-22-5-3-12)17-8-13-15-16-17/h8-9,18H,2-7H2,1H3,(H,14,19). The highest BCUT2D eigenvalue weighted by Crippen LogP contribution is 2.35. The molecule has 0 spiro atoms. The number of rotatable bonds is 6. The van der Waals surface area contributed by atoms with E-state index in [1.807, 2.05) is 11.8 Å². The Balaban J connectivity index is 2.07. The molecule has 1 atom stereocenters. The fraction of sp³-hybridized carbons (Fsp3) is 0.750. The first-order valence-electron chi connectivity index (χ1n) is 6.90. The van der Waals surface area contributed by atoms with Crippen LogP contribution in [0.5, 0.6) is 0 Å². The van der Waals surface area contributed by atoms with Crippen LogP contribution >= 0.6 is 11.8 Å². The lowest BCUT2D eigenvalue weighted by molar-refractivity contribution is -0.146. The van der Waals surface area contributed by atoms with Crippen LogP contribution in [-0.2, 0) is 19.9 Å². The van der Waals surface area contributed by atoms with Gasteiger partial charge in [0.15, 0.2) is 6.04 Å². The van der Waals surface area contributed by atoms with Crippen molar-refractivity contribution in [2.75, 3.05) is 25.2 Å². The van der Waals surface area contributed by atoms with Gasteiger partial charge in [0, 0.05) is 0 Å². The predicted molar refractivity (Wildman–Crippen MR) is 78.0 cm³/mol. The minimum Gasteiger partial charge on any atom is -0.467 e. The topological polar surface area (TPSA) is 119 Å². The quantitative estimate of drug-likeness (QED) is 0.634. The highest BCUT2D eigenvalue weighted by atomic mass is 32.2. The van der Waals surface area contributed by atoms with E-state index < -0.39 is 24.2 Å². The molecule has 9 nitrogen and oxygen atoms in total. The van der Waals surface area contributed by atoms with Gasteiger partial charge in [-0.1, -0.05) is 0 Å². The predicted octanol–water partition coefficient (Wildman–Crippen LogP) is -1.06. The molecule has 1 aliphatic heterocycles. The van der Waals surface area contributed by atoms with E-state index in [0.717, 1.165) is 24.3 Å². The summed E-state index contributed by atoms with van der Waals surface area (Å²) in [6.45, 7) is -0.508. The lowest BCUT2D eigenvalue weighted by Crippen LogP contribution is -2.48. The van der Waals surface area contributed by atoms with E-state index in [2.05, 4.69) is 25.6 Å². The summed E-state index contributed by atoms with van der Waals surface area (Å²) in [5, 5.41) is 22.9. The molecule has 2 rings (SSSR count). The van der Waals surface area contributed by atoms with Crippen LogP contribution in [0.3, 0.4) is 0 Å². The van der Waals surface area contributed by atoms with Crippen LogP contribution in [0.25, 0.3) is 0 Å². The number of carbonyl (C=O) groups excluding carboxylic acids is 2. The maximum absolute atomic E-state index is 12.3. The van der Waals surface area contributed by atoms with Crippen molar-refractivity contribution in [3.05, 3.63) is 6.33 Å². The second-order valence-corrected chi connectivity index (χ2v) is 6.32. The summed E-state index contributed by atoms with van der Waals surface area (Å²) in [5.74, 6) is 0.805. The van der Waals surface area contributed by atoms with Gasteiger partial charge in [-0.15, -0.1) is 5.10 Å². The number of ether oxygens (including phenoxy) is 1. The number of aliphatic hydroxyl groups excluding tert-OH is 1. The molecular formula is C12H19N5O4S. The van der Waals surface area contributed by atoms with Gasteiger partial charge < -0.3 is 15.2 Å². The Hall–Kier alpha value is -1.68. The molecule has 1 saturated heterocycles. The SMILES string of the molecule is COC(=O)C(CO)NC(=O)CC1(n2cnnn2)CCSCC1. The Kier molecular flexibility index (Phi) is 5.72. The molecule has 1 aromatic heterocycles. The number of aromatic nitrogens is 4. The first-order chi connectivity index (χ1) is 10.6. The molecule has 1 amide bonds. The fourth-order valence-corrected chi connectivity index (χ4v) is 3.74. The number of hydrogen-bond donors (Lipinski definition) is 2. The summed E-state index contributed by atoms with van der Waals surface area (Å²) in [7, 11) is 1.21. The number of hydrogen-bond acceptors (Lipinski definition) is 8. The third kappa shape index (κ3) is 3.74. The molecule has 0 saturated carbocycles. The van der Waals surface area contributed by atoms with Crippen molar-refractivity contribution in [3.63, 3.8) is 0 Å². The summed E-state index contributed by atoms with van der Waals surface area (Å²) >= 11 is 1.82. The molecule has 0 bridgehead atoms. The van der Waals surface area contributed by atoms with Gasteiger partial charge in [-0.2, -0.15) is 11.8 Å². The van der Waals surface area contributed by atoms with Gasteiger partial charge in [-0.3, -0.25) is 4.79 Å². The Morgan fingerprint density at radius 1 is 1.50 bits per heavy atom. The van der Waals surface area contributed by atoms with Gasteiger partial charge in [0.05, 0.1) is 25.7 Å². The van der Waals surface area contributed by atoms with E-state index in [4.69, 9.17) is 0 Å². The number of carbonyl (C=O) groups is 2. The van der Waals surface area contributed by atoms with E-state index in [1.54, 1.807) is 4.68 Å². The molecule has 1 aliphatic rings. The number of tetrazole rings is 1. The van der Waals surface area contributed by atoms with E-state index in [-0.39, 0.29) is 12.3 Å². The molecule has 1 aromatic rings. The van der Waals surface area contributed by atoms with Gasteiger partial charge in [0.2, 0.25) is 5.91 Å². The number of amides is 1. The van der Waals surface area contributed by atoms with Gasteiger partial charge in [-0.05, 0) is 34.8 Å². The minimum atomic E-state index is -1.05. The second-order valence-electron chi connectivity index (χ2n) is 5.09. The van der Waals surface area contributed by atoms with Crippen molar-refractivity contribution >= 4 is 23.6 Å². The molecule has 0 aliphatic carbocycles. The van der Waals surface area contributed by atoms with Gasteiger partial charge in [0.1, 0.15) is 6.33 Å². The zero-order chi connectivity index (χ0) is 16.0. The van der Waals surface area contributed by atoms with Crippen LogP contribution in [0.15, 0.2) is 6.33 Å². The molecule has 22 heavy (non-hydrogen) atoms. The summed E-state index contributed by atoms with van der Waals surface area (Å²) in [6.07, 6.45) is 3.18. The summed E-state index contributed by atoms with van der Waals surface area (Å²) < 4.78 is 6.16. The zero-order valence-electron chi connectivity index (χ0n) is 12.3. The second kappa shape index (κ2) is 7.54. The average molecular weight is 329 g/mol. The van der Waals surface area contributed by atoms with E-state index in [9.17, 15) is 14.7 Å². The molecule has 0 radical (unpaired) electrons. The zero-order valence-corrected chi connectivity index (χ0v) is 13.1. The highest BCUT2D eigenvalue weighted by Gasteiger charge is 2.38. The van der Waals surface area contributed by atoms with Crippen molar-refractivity contribution in [2.24, 2.45) is 0 Å². The number of nitrogens with one attached hydrogen (secondary N) is 1. The summed E-state index contributed by atoms with van der Waals surface area (Å²) in [4.78, 5) is 23.7. The lowest BCUT2D eigenvalue weighted by Gasteiger charge is -2.36. The van der Waals surface area contributed by atoms with E-state index >= 15 is 0 Å². The molecular weight excluding hydrogens is 310 g/mol. The first-order valence-corrected chi connectivity index (χ1v) is 8.06. The summed E-state index contributed by atoms with van der Waals surface area (Å²) in [5.41, 5.74) is -0.491. The Morgan fingerprint density at radius 2 is 2.23 bits per heavy atom. The molecule has 2 heterocycles. The van der Waals surface area contributed by atoms with Crippen LogP contribution in [0, 0.1) is 0 Å². The normalized spacial score (nSPS) is 18.5. The maximum atomic E-state index is 12.3. The third-order valence-corrected chi connectivity index (χ3v) is 4.74. The van der Waals surface area contributed by atoms with Crippen LogP contribution in [-0.4, -0.2) is 68.5 Å². The monoisotopic (exact) mass is 329 g/mol. The summed E-state index contributed by atoms with van der Waals surface area (Å²) in [6, 6.07) is -1.05. The van der Waals surface area contributed by atoms with Gasteiger partial charge in [0.25, 0.3) is 0 Å². The molecule has 2 N–H and O–H groups in total. The maximum Gasteiger partial charge on any atom is 0.330 e. The van der Waals surface area contributed by atoms with Crippen LogP contribution in [0.2, 0.25) is 0 Å². The Labute approximate surface area is 131 Å². The smallest absolute Gasteiger partial charge is 0.330 e. The molecule has 122 valence electrons. The Bertz CT molecular complexity index is 504. The average Bonchev–Trinajstić information content (AvgIpc) is 3.08. The third-order valence-electron chi connectivity index (χ3n) is 3.75. The van der Waals surface area contributed by atoms with Crippen molar-refractivity contribution in [2.45, 2.75) is 30.8 Å². The minimum absolute atomic E-state index is 0.145. The highest BCUT2D eigenvalue weighted by molar-refractivity contribution is 7.99. The van der Waals surface area contributed by atoms with Crippen molar-refractivity contribution in [1.82, 2.24) is 25.5 Å². The first kappa shape index (κ1) is 16.7. The van der Waals surface area contributed by atoms with E-state index in [1.165, 1.54) is 13.4 Å². The molecule has 1 fully saturated rings. The number of nitrogens with zero attached hydrogens (tertiary/aromatic N) is 4. The molecule has 0 aromatic carbocycles. The van der Waals surface area contributed by atoms with Crippen molar-refractivity contribution in [1.29, 1.82) is 0 Å². The Morgan fingerprint density at radius 3 is 2.77 bits per heavy atom. The van der Waals surface area contributed by atoms with Crippen LogP contribution in [0.1, 0.15) is 19.3 Å². The number of esters is 1. The van der Waals surface area contributed by atoms with Gasteiger partial charge >= 0.3 is 5.97 Å². The largest absolute Gasteiger partial charge is 0.467 e. The number of methoxy groups -OCH3 is 1. The van der Waals surface area contributed by atoms with Crippen molar-refractivity contribution in [3.8, 4) is 0 Å². The van der Waals surface area contributed by atoms with Crippen LogP contribution < -0.4 is 5.32 Å². The number of thioether (sulfide) groups is 1. The van der Waals surface area contributed by atoms with Crippen LogP contribution in [0.4, 0.5) is 0 Å². The fourth-order valence-electron chi connectivity index (χ4n) is 2.48. The molecule has 1 unspecified atom stereocenters. The van der Waals surface area contributed by atoms with E-state index in [0.29, 0.717) is 0 Å². The number of aliphatic hydroxyl groups is 1. The molecule has 10 heteroatoms.